The molecule has 0 aromatic carbocycles. The third kappa shape index (κ3) is 4.97. The summed E-state index contributed by atoms with van der Waals surface area (Å²) in [7, 11) is 0. The van der Waals surface area contributed by atoms with E-state index in [0.29, 0.717) is 24.8 Å². The Labute approximate surface area is 179 Å². The molecule has 2 aliphatic heterocycles. The van der Waals surface area contributed by atoms with Crippen LogP contribution in [0.5, 0.6) is 0 Å². The number of hydrogen-bond donors (Lipinski definition) is 0. The molecule has 6 nitrogen and oxygen atoms in total. The van der Waals surface area contributed by atoms with Crippen molar-refractivity contribution in [2.75, 3.05) is 37.7 Å². The normalized spacial score (nSPS) is 22.1. The second-order valence-electron chi connectivity index (χ2n) is 7.94. The van der Waals surface area contributed by atoms with Gasteiger partial charge in [0.15, 0.2) is 6.10 Å². The SMILES string of the molecule is N#CC1CN(C(c2cccnc2)C2CCN(c3ccc(C(F)(F)F)nc3)CC2)CCO1. The van der Waals surface area contributed by atoms with Gasteiger partial charge in [0.05, 0.1) is 24.6 Å². The van der Waals surface area contributed by atoms with Crippen LogP contribution in [0.1, 0.15) is 30.1 Å². The van der Waals surface area contributed by atoms with Crippen molar-refractivity contribution in [2.24, 2.45) is 5.92 Å². The Bertz CT molecular complexity index is 892. The summed E-state index contributed by atoms with van der Waals surface area (Å²) in [5, 5.41) is 9.31. The number of nitrogens with zero attached hydrogens (tertiary/aromatic N) is 5. The van der Waals surface area contributed by atoms with Gasteiger partial charge in [0.1, 0.15) is 5.69 Å². The first kappa shape index (κ1) is 21.5. The van der Waals surface area contributed by atoms with E-state index in [1.807, 2.05) is 12.3 Å². The average molecular weight is 431 g/mol. The van der Waals surface area contributed by atoms with Crippen LogP contribution in [0.3, 0.4) is 0 Å². The number of rotatable bonds is 4. The summed E-state index contributed by atoms with van der Waals surface area (Å²) >= 11 is 0. The molecule has 0 N–H and O–H groups in total. The molecule has 9 heteroatoms. The number of morpholine rings is 1. The minimum Gasteiger partial charge on any atom is -0.370 e. The number of nitriles is 1. The van der Waals surface area contributed by atoms with Gasteiger partial charge in [-0.05, 0) is 42.5 Å². The van der Waals surface area contributed by atoms with Gasteiger partial charge in [0, 0.05) is 44.6 Å². The van der Waals surface area contributed by atoms with Crippen molar-refractivity contribution in [2.45, 2.75) is 31.2 Å². The number of aromatic nitrogens is 2. The average Bonchev–Trinajstić information content (AvgIpc) is 2.80. The van der Waals surface area contributed by atoms with E-state index in [9.17, 15) is 18.4 Å². The maximum atomic E-state index is 12.8. The first-order chi connectivity index (χ1) is 15.0. The van der Waals surface area contributed by atoms with E-state index in [4.69, 9.17) is 4.74 Å². The zero-order chi connectivity index (χ0) is 21.8. The molecule has 31 heavy (non-hydrogen) atoms. The molecule has 4 heterocycles. The fourth-order valence-corrected chi connectivity index (χ4v) is 4.55. The van der Waals surface area contributed by atoms with Crippen LogP contribution in [0, 0.1) is 17.2 Å². The topological polar surface area (TPSA) is 65.3 Å². The predicted octanol–water partition coefficient (Wildman–Crippen LogP) is 3.68. The maximum Gasteiger partial charge on any atom is 0.433 e. The summed E-state index contributed by atoms with van der Waals surface area (Å²) in [5.41, 5.74) is 0.957. The molecule has 2 unspecified atom stereocenters. The number of alkyl halides is 3. The summed E-state index contributed by atoms with van der Waals surface area (Å²) in [6.07, 6.45) is 1.84. The lowest BCUT2D eigenvalue weighted by Gasteiger charge is -2.43. The van der Waals surface area contributed by atoms with Gasteiger partial charge in [-0.25, -0.2) is 4.98 Å². The van der Waals surface area contributed by atoms with Crippen molar-refractivity contribution in [3.63, 3.8) is 0 Å². The molecule has 2 aliphatic rings. The standard InChI is InChI=1S/C22H24F3N5O/c23-22(24,25)20-4-3-18(14-28-20)29-8-5-16(6-9-29)21(17-2-1-7-27-13-17)30-10-11-31-19(12-26)15-30/h1-4,7,13-14,16,19,21H,5-6,8-11,15H2. The van der Waals surface area contributed by atoms with E-state index >= 15 is 0 Å². The molecule has 0 saturated carbocycles. The number of hydrogen-bond acceptors (Lipinski definition) is 6. The van der Waals surface area contributed by atoms with Gasteiger partial charge >= 0.3 is 6.18 Å². The minimum absolute atomic E-state index is 0.126. The molecule has 2 atom stereocenters. The van der Waals surface area contributed by atoms with Gasteiger partial charge in [-0.15, -0.1) is 0 Å². The molecule has 0 spiro atoms. The highest BCUT2D eigenvalue weighted by atomic mass is 19.4. The largest absolute Gasteiger partial charge is 0.433 e. The lowest BCUT2D eigenvalue weighted by molar-refractivity contribution is -0.141. The Hall–Kier alpha value is -2.70. The smallest absolute Gasteiger partial charge is 0.370 e. The van der Waals surface area contributed by atoms with Crippen molar-refractivity contribution in [3.05, 3.63) is 54.1 Å². The Kier molecular flexibility index (Phi) is 6.39. The molecular weight excluding hydrogens is 407 g/mol. The van der Waals surface area contributed by atoms with Crippen LogP contribution in [-0.4, -0.2) is 53.8 Å². The second kappa shape index (κ2) is 9.20. The van der Waals surface area contributed by atoms with Crippen molar-refractivity contribution >= 4 is 5.69 Å². The monoisotopic (exact) mass is 431 g/mol. The lowest BCUT2D eigenvalue weighted by Crippen LogP contribution is -2.47. The molecule has 0 aliphatic carbocycles. The van der Waals surface area contributed by atoms with Gasteiger partial charge < -0.3 is 9.64 Å². The fourth-order valence-electron chi connectivity index (χ4n) is 4.55. The van der Waals surface area contributed by atoms with E-state index in [0.717, 1.165) is 44.1 Å². The van der Waals surface area contributed by atoms with Crippen LogP contribution in [-0.2, 0) is 10.9 Å². The van der Waals surface area contributed by atoms with Gasteiger partial charge in [-0.3, -0.25) is 9.88 Å². The van der Waals surface area contributed by atoms with Crippen LogP contribution in [0.25, 0.3) is 0 Å². The Balaban J connectivity index is 1.47. The van der Waals surface area contributed by atoms with Crippen molar-refractivity contribution in [1.29, 1.82) is 5.26 Å². The summed E-state index contributed by atoms with van der Waals surface area (Å²) in [6, 6.07) is 8.86. The van der Waals surface area contributed by atoms with E-state index in [2.05, 4.69) is 31.9 Å². The third-order valence-electron chi connectivity index (χ3n) is 6.05. The van der Waals surface area contributed by atoms with Gasteiger partial charge in [-0.2, -0.15) is 18.4 Å². The number of piperidine rings is 1. The van der Waals surface area contributed by atoms with E-state index in [1.165, 1.54) is 12.3 Å². The van der Waals surface area contributed by atoms with E-state index < -0.39 is 18.0 Å². The molecule has 0 amide bonds. The summed E-state index contributed by atoms with van der Waals surface area (Å²) in [4.78, 5) is 12.3. The third-order valence-corrected chi connectivity index (χ3v) is 6.05. The van der Waals surface area contributed by atoms with Crippen LogP contribution < -0.4 is 4.90 Å². The highest BCUT2D eigenvalue weighted by Gasteiger charge is 2.36. The number of halogens is 3. The zero-order valence-electron chi connectivity index (χ0n) is 17.0. The fraction of sp³-hybridized carbons (Fsp3) is 0.500. The lowest BCUT2D eigenvalue weighted by atomic mass is 9.84. The molecule has 2 fully saturated rings. The van der Waals surface area contributed by atoms with Gasteiger partial charge in [-0.1, -0.05) is 6.07 Å². The summed E-state index contributed by atoms with van der Waals surface area (Å²) in [5.74, 6) is 0.348. The number of pyridine rings is 2. The minimum atomic E-state index is -4.43. The quantitative estimate of drug-likeness (QED) is 0.736. The van der Waals surface area contributed by atoms with Crippen LogP contribution in [0.15, 0.2) is 42.9 Å². The molecule has 2 aromatic heterocycles. The molecule has 4 rings (SSSR count). The van der Waals surface area contributed by atoms with Crippen LogP contribution >= 0.6 is 0 Å². The van der Waals surface area contributed by atoms with Crippen molar-refractivity contribution in [1.82, 2.24) is 14.9 Å². The molecule has 164 valence electrons. The Morgan fingerprint density at radius 3 is 2.55 bits per heavy atom. The van der Waals surface area contributed by atoms with E-state index in [-0.39, 0.29) is 6.04 Å². The van der Waals surface area contributed by atoms with Crippen molar-refractivity contribution < 1.29 is 17.9 Å². The highest BCUT2D eigenvalue weighted by molar-refractivity contribution is 5.45. The highest BCUT2D eigenvalue weighted by Crippen LogP contribution is 2.37. The molecule has 0 radical (unpaired) electrons. The number of ether oxygens (including phenoxy) is 1. The van der Waals surface area contributed by atoms with Crippen molar-refractivity contribution in [3.8, 4) is 6.07 Å². The Morgan fingerprint density at radius 2 is 1.94 bits per heavy atom. The van der Waals surface area contributed by atoms with Gasteiger partial charge in [0.2, 0.25) is 0 Å². The van der Waals surface area contributed by atoms with Crippen LogP contribution in [0.4, 0.5) is 18.9 Å². The van der Waals surface area contributed by atoms with Crippen LogP contribution in [0.2, 0.25) is 0 Å². The molecular formula is C22H24F3N5O. The number of anilines is 1. The maximum absolute atomic E-state index is 12.8. The first-order valence-electron chi connectivity index (χ1n) is 10.4. The zero-order valence-corrected chi connectivity index (χ0v) is 17.0. The Morgan fingerprint density at radius 1 is 1.13 bits per heavy atom. The molecule has 2 aromatic rings. The predicted molar refractivity (Wildman–Crippen MR) is 108 cm³/mol. The van der Waals surface area contributed by atoms with Gasteiger partial charge in [0.25, 0.3) is 0 Å². The summed E-state index contributed by atoms with van der Waals surface area (Å²) < 4.78 is 43.9. The summed E-state index contributed by atoms with van der Waals surface area (Å²) in [6.45, 7) is 3.30. The van der Waals surface area contributed by atoms with E-state index in [1.54, 1.807) is 6.20 Å². The molecule has 2 saturated heterocycles. The second-order valence-corrected chi connectivity index (χ2v) is 7.94. The first-order valence-corrected chi connectivity index (χ1v) is 10.4. The molecule has 0 bridgehead atoms.